The Morgan fingerprint density at radius 2 is 1.90 bits per heavy atom. The Morgan fingerprint density at radius 3 is 2.60 bits per heavy atom. The van der Waals surface area contributed by atoms with E-state index in [9.17, 15) is 8.78 Å². The Morgan fingerprint density at radius 1 is 1.17 bits per heavy atom. The molecule has 4 atom stereocenters. The number of nitrogens with one attached hydrogen (secondary N) is 2. The number of anilines is 1. The van der Waals surface area contributed by atoms with Gasteiger partial charge in [-0.05, 0) is 37.8 Å². The zero-order valence-corrected chi connectivity index (χ0v) is 19.7. The fraction of sp³-hybridized carbons (Fsp3) is 0.682. The van der Waals surface area contributed by atoms with Gasteiger partial charge in [0, 0.05) is 50.2 Å². The van der Waals surface area contributed by atoms with E-state index in [2.05, 4.69) is 15.6 Å². The minimum absolute atomic E-state index is 0. The number of nitrogens with zero attached hydrogens (tertiary/aromatic N) is 2. The van der Waals surface area contributed by atoms with Gasteiger partial charge in [0.2, 0.25) is 0 Å². The van der Waals surface area contributed by atoms with Crippen molar-refractivity contribution in [1.29, 1.82) is 0 Å². The summed E-state index contributed by atoms with van der Waals surface area (Å²) >= 11 is 0. The highest BCUT2D eigenvalue weighted by Gasteiger charge is 2.65. The highest BCUT2D eigenvalue weighted by atomic mass is 127. The van der Waals surface area contributed by atoms with Crippen LogP contribution in [0.5, 0.6) is 0 Å². The number of fused-ring (bicyclic) bond motifs is 2. The first-order chi connectivity index (χ1) is 14.1. The Kier molecular flexibility index (Phi) is 6.44. The third kappa shape index (κ3) is 3.57. The smallest absolute Gasteiger partial charge is 0.191 e. The summed E-state index contributed by atoms with van der Waals surface area (Å²) in [7, 11) is 1.79. The highest BCUT2D eigenvalue weighted by Crippen LogP contribution is 2.60. The van der Waals surface area contributed by atoms with Crippen LogP contribution < -0.4 is 15.5 Å². The zero-order chi connectivity index (χ0) is 20.0. The van der Waals surface area contributed by atoms with E-state index in [1.165, 1.54) is 43.9 Å². The molecule has 1 spiro atoms. The largest absolute Gasteiger partial charge is 0.377 e. The van der Waals surface area contributed by atoms with Crippen LogP contribution in [0.15, 0.2) is 23.2 Å². The van der Waals surface area contributed by atoms with Gasteiger partial charge in [0.1, 0.15) is 17.3 Å². The lowest BCUT2D eigenvalue weighted by molar-refractivity contribution is -0.125. The van der Waals surface area contributed by atoms with Gasteiger partial charge in [0.15, 0.2) is 5.96 Å². The quantitative estimate of drug-likeness (QED) is 0.355. The van der Waals surface area contributed by atoms with Gasteiger partial charge in [0.25, 0.3) is 0 Å². The van der Waals surface area contributed by atoms with Gasteiger partial charge >= 0.3 is 0 Å². The normalized spacial score (nSPS) is 32.0. The summed E-state index contributed by atoms with van der Waals surface area (Å²) in [5, 5.41) is 7.20. The summed E-state index contributed by atoms with van der Waals surface area (Å²) < 4.78 is 34.3. The van der Waals surface area contributed by atoms with Gasteiger partial charge in [-0.1, -0.05) is 18.9 Å². The number of ether oxygens (including phenoxy) is 1. The van der Waals surface area contributed by atoms with Crippen LogP contribution in [0.2, 0.25) is 0 Å². The molecule has 0 amide bonds. The SMILES string of the molecule is CN=C(NC1CCN(c2c(F)cccc2F)C1)NC1C2CCOC2C12CCCC2.I. The van der Waals surface area contributed by atoms with Gasteiger partial charge < -0.3 is 20.3 Å². The van der Waals surface area contributed by atoms with Crippen molar-refractivity contribution in [2.75, 3.05) is 31.6 Å². The lowest BCUT2D eigenvalue weighted by Crippen LogP contribution is -2.69. The molecule has 2 saturated carbocycles. The molecule has 4 aliphatic rings. The van der Waals surface area contributed by atoms with E-state index < -0.39 is 11.6 Å². The molecule has 30 heavy (non-hydrogen) atoms. The molecule has 0 aromatic heterocycles. The Labute approximate surface area is 194 Å². The monoisotopic (exact) mass is 532 g/mol. The van der Waals surface area contributed by atoms with Crippen LogP contribution in [0.1, 0.15) is 38.5 Å². The number of hydrogen-bond donors (Lipinski definition) is 2. The number of para-hydroxylation sites is 1. The first-order valence-corrected chi connectivity index (χ1v) is 10.9. The van der Waals surface area contributed by atoms with Gasteiger partial charge in [0.05, 0.1) is 6.10 Å². The number of benzene rings is 1. The molecule has 2 heterocycles. The highest BCUT2D eigenvalue weighted by molar-refractivity contribution is 14.0. The number of hydrogen-bond acceptors (Lipinski definition) is 3. The van der Waals surface area contributed by atoms with Crippen molar-refractivity contribution in [3.8, 4) is 0 Å². The summed E-state index contributed by atoms with van der Waals surface area (Å²) in [6.07, 6.45) is 7.36. The third-order valence-electron chi connectivity index (χ3n) is 7.58. The molecule has 2 saturated heterocycles. The number of guanidine groups is 1. The van der Waals surface area contributed by atoms with Crippen molar-refractivity contribution in [3.63, 3.8) is 0 Å². The van der Waals surface area contributed by atoms with E-state index in [1.54, 1.807) is 11.9 Å². The summed E-state index contributed by atoms with van der Waals surface area (Å²) in [5.41, 5.74) is 0.339. The molecule has 5 nitrogen and oxygen atoms in total. The zero-order valence-electron chi connectivity index (χ0n) is 17.4. The molecule has 0 bridgehead atoms. The van der Waals surface area contributed by atoms with Crippen molar-refractivity contribution in [3.05, 3.63) is 29.8 Å². The van der Waals surface area contributed by atoms with Gasteiger partial charge in [-0.3, -0.25) is 4.99 Å². The first-order valence-electron chi connectivity index (χ1n) is 10.9. The Balaban J connectivity index is 0.00000218. The van der Waals surface area contributed by atoms with Gasteiger partial charge in [-0.2, -0.15) is 0 Å². The molecule has 2 aliphatic carbocycles. The van der Waals surface area contributed by atoms with Crippen LogP contribution >= 0.6 is 24.0 Å². The maximum Gasteiger partial charge on any atom is 0.191 e. The second kappa shape index (κ2) is 8.76. The molecular weight excluding hydrogens is 501 g/mol. The van der Waals surface area contributed by atoms with Crippen molar-refractivity contribution in [2.45, 2.75) is 56.7 Å². The summed E-state index contributed by atoms with van der Waals surface area (Å²) in [4.78, 5) is 6.25. The molecule has 2 aliphatic heterocycles. The third-order valence-corrected chi connectivity index (χ3v) is 7.58. The topological polar surface area (TPSA) is 48.9 Å². The standard InChI is InChI=1S/C22H30F2N4O.HI/c1-25-21(27-19-15-8-12-29-20(15)22(19)9-2-3-10-22)26-14-7-11-28(13-14)18-16(23)5-4-6-17(18)24;/h4-6,14-15,19-20H,2-3,7-13H2,1H3,(H2,25,26,27);1H. The molecule has 4 unspecified atom stereocenters. The predicted molar refractivity (Wildman–Crippen MR) is 125 cm³/mol. The minimum Gasteiger partial charge on any atom is -0.377 e. The van der Waals surface area contributed by atoms with E-state index in [1.807, 2.05) is 0 Å². The van der Waals surface area contributed by atoms with Crippen LogP contribution in [-0.2, 0) is 4.74 Å². The van der Waals surface area contributed by atoms with E-state index >= 15 is 0 Å². The summed E-state index contributed by atoms with van der Waals surface area (Å²) in [6.45, 7) is 2.05. The number of rotatable bonds is 3. The molecule has 2 N–H and O–H groups in total. The molecular formula is C22H31F2IN4O. The number of aliphatic imine (C=N–C) groups is 1. The molecule has 8 heteroatoms. The Bertz CT molecular complexity index is 781. The van der Waals surface area contributed by atoms with Crippen LogP contribution in [0.25, 0.3) is 0 Å². The molecule has 5 rings (SSSR count). The van der Waals surface area contributed by atoms with Crippen molar-refractivity contribution < 1.29 is 13.5 Å². The Hall–Kier alpha value is -1.16. The predicted octanol–water partition coefficient (Wildman–Crippen LogP) is 3.67. The second-order valence-corrected chi connectivity index (χ2v) is 9.02. The van der Waals surface area contributed by atoms with E-state index in [0.29, 0.717) is 31.2 Å². The summed E-state index contributed by atoms with van der Waals surface area (Å²) in [6, 6.07) is 4.55. The van der Waals surface area contributed by atoms with E-state index in [0.717, 1.165) is 25.4 Å². The van der Waals surface area contributed by atoms with Crippen LogP contribution in [0, 0.1) is 23.0 Å². The first kappa shape index (κ1) is 22.0. The number of halogens is 3. The summed E-state index contributed by atoms with van der Waals surface area (Å²) in [5.74, 6) is 0.364. The van der Waals surface area contributed by atoms with Crippen LogP contribution in [-0.4, -0.2) is 50.9 Å². The molecule has 0 radical (unpaired) electrons. The van der Waals surface area contributed by atoms with Crippen LogP contribution in [0.4, 0.5) is 14.5 Å². The average Bonchev–Trinajstić information content (AvgIpc) is 3.45. The fourth-order valence-corrected chi connectivity index (χ4v) is 6.29. The van der Waals surface area contributed by atoms with Gasteiger partial charge in [-0.25, -0.2) is 8.78 Å². The fourth-order valence-electron chi connectivity index (χ4n) is 6.29. The molecule has 4 fully saturated rings. The molecule has 166 valence electrons. The molecule has 1 aromatic rings. The lowest BCUT2D eigenvalue weighted by atomic mass is 9.54. The van der Waals surface area contributed by atoms with E-state index in [4.69, 9.17) is 4.74 Å². The second-order valence-electron chi connectivity index (χ2n) is 9.02. The lowest BCUT2D eigenvalue weighted by Gasteiger charge is -2.57. The van der Waals surface area contributed by atoms with Gasteiger partial charge in [-0.15, -0.1) is 24.0 Å². The van der Waals surface area contributed by atoms with Crippen molar-refractivity contribution >= 4 is 35.6 Å². The van der Waals surface area contributed by atoms with Crippen LogP contribution in [0.3, 0.4) is 0 Å². The van der Waals surface area contributed by atoms with Crippen molar-refractivity contribution in [1.82, 2.24) is 10.6 Å². The van der Waals surface area contributed by atoms with E-state index in [-0.39, 0.29) is 41.1 Å². The van der Waals surface area contributed by atoms with Crippen molar-refractivity contribution in [2.24, 2.45) is 16.3 Å². The minimum atomic E-state index is -0.502. The maximum atomic E-state index is 14.1. The maximum absolute atomic E-state index is 14.1. The molecule has 1 aromatic carbocycles. The average molecular weight is 532 g/mol.